The van der Waals surface area contributed by atoms with Crippen molar-refractivity contribution in [2.75, 3.05) is 20.7 Å². The van der Waals surface area contributed by atoms with Gasteiger partial charge in [0.2, 0.25) is 10.0 Å². The summed E-state index contributed by atoms with van der Waals surface area (Å²) >= 11 is 3.30. The molecule has 0 aliphatic carbocycles. The number of rotatable bonds is 6. The molecule has 5 nitrogen and oxygen atoms in total. The monoisotopic (exact) mass is 349 g/mol. The SMILES string of the molecule is COC(=O)CCN(C)S(=O)(=O)c1ccc(CBr)cc1. The lowest BCUT2D eigenvalue weighted by atomic mass is 10.2. The van der Waals surface area contributed by atoms with Gasteiger partial charge in [-0.2, -0.15) is 0 Å². The Labute approximate surface area is 121 Å². The first-order chi connectivity index (χ1) is 8.91. The fourth-order valence-electron chi connectivity index (χ4n) is 1.40. The molecule has 0 saturated carbocycles. The number of methoxy groups -OCH3 is 1. The minimum atomic E-state index is -3.56. The van der Waals surface area contributed by atoms with Crippen molar-refractivity contribution in [1.82, 2.24) is 4.31 Å². The van der Waals surface area contributed by atoms with E-state index >= 15 is 0 Å². The number of carbonyl (C=O) groups is 1. The van der Waals surface area contributed by atoms with Gasteiger partial charge in [0, 0.05) is 18.9 Å². The Balaban J connectivity index is 2.81. The highest BCUT2D eigenvalue weighted by Crippen LogP contribution is 2.16. The zero-order valence-corrected chi connectivity index (χ0v) is 13.2. The largest absolute Gasteiger partial charge is 0.469 e. The number of nitrogens with zero attached hydrogens (tertiary/aromatic N) is 1. The Morgan fingerprint density at radius 3 is 2.37 bits per heavy atom. The maximum Gasteiger partial charge on any atom is 0.306 e. The molecule has 0 fully saturated rings. The quantitative estimate of drug-likeness (QED) is 0.579. The predicted molar refractivity (Wildman–Crippen MR) is 75.5 cm³/mol. The normalized spacial score (nSPS) is 11.6. The molecular formula is C12H16BrNO4S. The van der Waals surface area contributed by atoms with Crippen LogP contribution in [0.25, 0.3) is 0 Å². The van der Waals surface area contributed by atoms with Gasteiger partial charge >= 0.3 is 5.97 Å². The van der Waals surface area contributed by atoms with Gasteiger partial charge in [-0.3, -0.25) is 4.79 Å². The molecule has 0 bridgehead atoms. The van der Waals surface area contributed by atoms with Crippen LogP contribution in [0.4, 0.5) is 0 Å². The molecule has 19 heavy (non-hydrogen) atoms. The van der Waals surface area contributed by atoms with Crippen LogP contribution in [0.5, 0.6) is 0 Å². The van der Waals surface area contributed by atoms with E-state index in [2.05, 4.69) is 20.7 Å². The molecule has 1 aromatic rings. The second-order valence-electron chi connectivity index (χ2n) is 3.93. The first-order valence-corrected chi connectivity index (χ1v) is 8.16. The first kappa shape index (κ1) is 16.1. The van der Waals surface area contributed by atoms with Gasteiger partial charge in [0.05, 0.1) is 18.4 Å². The summed E-state index contributed by atoms with van der Waals surface area (Å²) in [5, 5.41) is 0.672. The topological polar surface area (TPSA) is 63.7 Å². The van der Waals surface area contributed by atoms with Crippen LogP contribution in [0.15, 0.2) is 29.2 Å². The Hall–Kier alpha value is -0.920. The maximum atomic E-state index is 12.2. The van der Waals surface area contributed by atoms with E-state index in [4.69, 9.17) is 0 Å². The zero-order chi connectivity index (χ0) is 14.5. The maximum absolute atomic E-state index is 12.2. The minimum Gasteiger partial charge on any atom is -0.469 e. The summed E-state index contributed by atoms with van der Waals surface area (Å²) in [6.45, 7) is 0.0925. The van der Waals surface area contributed by atoms with Crippen LogP contribution in [-0.2, 0) is 24.9 Å². The van der Waals surface area contributed by atoms with Gasteiger partial charge < -0.3 is 4.74 Å². The summed E-state index contributed by atoms with van der Waals surface area (Å²) in [4.78, 5) is 11.2. The Bertz CT molecular complexity index is 527. The van der Waals surface area contributed by atoms with Crippen molar-refractivity contribution in [3.63, 3.8) is 0 Å². The first-order valence-electron chi connectivity index (χ1n) is 5.60. The molecule has 0 aliphatic heterocycles. The number of hydrogen-bond acceptors (Lipinski definition) is 4. The Kier molecular flexibility index (Phi) is 5.96. The highest BCUT2D eigenvalue weighted by Gasteiger charge is 2.21. The van der Waals surface area contributed by atoms with Crippen LogP contribution >= 0.6 is 15.9 Å². The molecule has 0 spiro atoms. The number of sulfonamides is 1. The fraction of sp³-hybridized carbons (Fsp3) is 0.417. The zero-order valence-electron chi connectivity index (χ0n) is 10.8. The molecule has 0 radical (unpaired) electrons. The summed E-state index contributed by atoms with van der Waals surface area (Å²) in [6.07, 6.45) is 0.0334. The second kappa shape index (κ2) is 7.02. The number of benzene rings is 1. The van der Waals surface area contributed by atoms with E-state index in [0.717, 1.165) is 9.87 Å². The molecular weight excluding hydrogens is 334 g/mol. The summed E-state index contributed by atoms with van der Waals surface area (Å²) in [5.41, 5.74) is 0.996. The molecule has 7 heteroatoms. The van der Waals surface area contributed by atoms with Crippen LogP contribution in [0.2, 0.25) is 0 Å². The fourth-order valence-corrected chi connectivity index (χ4v) is 2.95. The number of alkyl halides is 1. The van der Waals surface area contributed by atoms with E-state index in [1.165, 1.54) is 14.2 Å². The number of esters is 1. The summed E-state index contributed by atoms with van der Waals surface area (Å²) in [6, 6.07) is 6.60. The van der Waals surface area contributed by atoms with Gasteiger partial charge in [-0.05, 0) is 17.7 Å². The van der Waals surface area contributed by atoms with Crippen molar-refractivity contribution < 1.29 is 17.9 Å². The molecule has 1 rings (SSSR count). The lowest BCUT2D eigenvalue weighted by Crippen LogP contribution is -2.29. The van der Waals surface area contributed by atoms with E-state index in [1.807, 2.05) is 0 Å². The highest BCUT2D eigenvalue weighted by atomic mass is 79.9. The smallest absolute Gasteiger partial charge is 0.306 e. The van der Waals surface area contributed by atoms with E-state index < -0.39 is 16.0 Å². The molecule has 0 saturated heterocycles. The Morgan fingerprint density at radius 2 is 1.89 bits per heavy atom. The summed E-state index contributed by atoms with van der Waals surface area (Å²) in [5.74, 6) is -0.434. The number of ether oxygens (including phenoxy) is 1. The third-order valence-corrected chi connectivity index (χ3v) is 5.16. The molecule has 0 aromatic heterocycles. The lowest BCUT2D eigenvalue weighted by molar-refractivity contribution is -0.140. The molecule has 0 amide bonds. The van der Waals surface area contributed by atoms with Gasteiger partial charge in [-0.25, -0.2) is 12.7 Å². The van der Waals surface area contributed by atoms with Gasteiger partial charge in [-0.15, -0.1) is 0 Å². The summed E-state index contributed by atoms with van der Waals surface area (Å²) in [7, 11) is -0.843. The van der Waals surface area contributed by atoms with Crippen LogP contribution in [0.1, 0.15) is 12.0 Å². The number of carbonyl (C=O) groups excluding carboxylic acids is 1. The third-order valence-electron chi connectivity index (χ3n) is 2.64. The average molecular weight is 350 g/mol. The second-order valence-corrected chi connectivity index (χ2v) is 6.54. The number of hydrogen-bond donors (Lipinski definition) is 0. The van der Waals surface area contributed by atoms with Crippen molar-refractivity contribution in [2.24, 2.45) is 0 Å². The van der Waals surface area contributed by atoms with Crippen molar-refractivity contribution in [1.29, 1.82) is 0 Å². The van der Waals surface area contributed by atoms with Crippen LogP contribution < -0.4 is 0 Å². The molecule has 0 atom stereocenters. The standard InChI is InChI=1S/C12H16BrNO4S/c1-14(8-7-12(15)18-2)19(16,17)11-5-3-10(9-13)4-6-11/h3-6H,7-9H2,1-2H3. The van der Waals surface area contributed by atoms with Gasteiger partial charge in [0.25, 0.3) is 0 Å². The van der Waals surface area contributed by atoms with Crippen molar-refractivity contribution in [3.05, 3.63) is 29.8 Å². The van der Waals surface area contributed by atoms with Crippen molar-refractivity contribution in [3.8, 4) is 0 Å². The third kappa shape index (κ3) is 4.29. The van der Waals surface area contributed by atoms with E-state index in [9.17, 15) is 13.2 Å². The van der Waals surface area contributed by atoms with E-state index in [1.54, 1.807) is 24.3 Å². The van der Waals surface area contributed by atoms with E-state index in [0.29, 0.717) is 5.33 Å². The van der Waals surface area contributed by atoms with Crippen LogP contribution in [-0.4, -0.2) is 39.4 Å². The predicted octanol–water partition coefficient (Wildman–Crippen LogP) is 1.77. The van der Waals surface area contributed by atoms with Gasteiger partial charge in [0.15, 0.2) is 0 Å². The van der Waals surface area contributed by atoms with Crippen LogP contribution in [0.3, 0.4) is 0 Å². The minimum absolute atomic E-state index is 0.0334. The average Bonchev–Trinajstić information content (AvgIpc) is 2.44. The molecule has 1 aromatic carbocycles. The molecule has 0 heterocycles. The van der Waals surface area contributed by atoms with Crippen molar-refractivity contribution in [2.45, 2.75) is 16.6 Å². The van der Waals surface area contributed by atoms with E-state index in [-0.39, 0.29) is 17.9 Å². The Morgan fingerprint density at radius 1 is 1.32 bits per heavy atom. The van der Waals surface area contributed by atoms with Crippen molar-refractivity contribution >= 4 is 31.9 Å². The molecule has 0 N–H and O–H groups in total. The van der Waals surface area contributed by atoms with Gasteiger partial charge in [0.1, 0.15) is 0 Å². The molecule has 106 valence electrons. The lowest BCUT2D eigenvalue weighted by Gasteiger charge is -2.16. The highest BCUT2D eigenvalue weighted by molar-refractivity contribution is 9.08. The molecule has 0 aliphatic rings. The van der Waals surface area contributed by atoms with Gasteiger partial charge in [-0.1, -0.05) is 28.1 Å². The molecule has 0 unspecified atom stereocenters. The summed E-state index contributed by atoms with van der Waals surface area (Å²) < 4.78 is 30.0. The van der Waals surface area contributed by atoms with Crippen LogP contribution in [0, 0.1) is 0 Å². The number of halogens is 1.